The number of nitriles is 2. The predicted molar refractivity (Wildman–Crippen MR) is 107 cm³/mol. The van der Waals surface area contributed by atoms with E-state index in [2.05, 4.69) is 20.6 Å². The number of nitrogens with zero attached hydrogens (tertiary/aromatic N) is 4. The zero-order chi connectivity index (χ0) is 21.1. The summed E-state index contributed by atoms with van der Waals surface area (Å²) >= 11 is 0. The first-order valence-corrected chi connectivity index (χ1v) is 9.05. The Hall–Kier alpha value is -4.06. The van der Waals surface area contributed by atoms with Crippen LogP contribution < -0.4 is 26.8 Å². The average molecular weight is 406 g/mol. The zero-order valence-corrected chi connectivity index (χ0v) is 15.8. The molecule has 0 spiro atoms. The molecule has 1 fully saturated rings. The normalized spacial score (nSPS) is 17.8. The molecular weight excluding hydrogens is 388 g/mol. The van der Waals surface area contributed by atoms with Crippen molar-refractivity contribution in [1.29, 1.82) is 10.5 Å². The van der Waals surface area contributed by atoms with Gasteiger partial charge in [0.2, 0.25) is 5.96 Å². The molecule has 1 aromatic heterocycles. The van der Waals surface area contributed by atoms with E-state index in [1.54, 1.807) is 12.1 Å². The number of nitrogens with two attached hydrogens (primary N) is 2. The molecule has 6 N–H and O–H groups in total. The number of nitrogens with one attached hydrogen (secondary N) is 2. The number of hydrogen-bond acceptors (Lipinski definition) is 11. The van der Waals surface area contributed by atoms with Gasteiger partial charge in [-0.1, -0.05) is 12.1 Å². The molecular formula is C19H18N8O3. The Morgan fingerprint density at radius 3 is 2.60 bits per heavy atom. The number of nitrogen functional groups attached to an aromatic ring is 2. The topological polar surface area (TPSA) is 177 Å². The third-order valence-corrected chi connectivity index (χ3v) is 4.63. The SMILES string of the molecule is N#CNC1=NC(c2ccc(OCC3OCCO3)cc2)c2c(nc(N)c(C#N)c2N)N1. The van der Waals surface area contributed by atoms with Crippen LogP contribution in [-0.2, 0) is 9.47 Å². The van der Waals surface area contributed by atoms with Crippen LogP contribution in [0, 0.1) is 22.8 Å². The molecule has 2 aliphatic heterocycles. The van der Waals surface area contributed by atoms with Crippen molar-refractivity contribution < 1.29 is 14.2 Å². The molecule has 4 rings (SSSR count). The largest absolute Gasteiger partial charge is 0.488 e. The van der Waals surface area contributed by atoms with Crippen LogP contribution in [0.4, 0.5) is 17.3 Å². The molecule has 0 bridgehead atoms. The maximum Gasteiger partial charge on any atom is 0.211 e. The van der Waals surface area contributed by atoms with Crippen molar-refractivity contribution in [2.45, 2.75) is 12.3 Å². The van der Waals surface area contributed by atoms with Crippen LogP contribution in [0.15, 0.2) is 29.3 Å². The molecule has 0 aliphatic carbocycles. The van der Waals surface area contributed by atoms with E-state index in [9.17, 15) is 5.26 Å². The van der Waals surface area contributed by atoms with Crippen molar-refractivity contribution in [3.63, 3.8) is 0 Å². The Labute approximate surface area is 171 Å². The zero-order valence-electron chi connectivity index (χ0n) is 15.8. The number of hydrogen-bond donors (Lipinski definition) is 4. The van der Waals surface area contributed by atoms with Gasteiger partial charge in [-0.15, -0.1) is 0 Å². The summed E-state index contributed by atoms with van der Waals surface area (Å²) in [5, 5.41) is 23.7. The Bertz CT molecular complexity index is 1070. The van der Waals surface area contributed by atoms with Crippen molar-refractivity contribution >= 4 is 23.3 Å². The Morgan fingerprint density at radius 2 is 1.93 bits per heavy atom. The lowest BCUT2D eigenvalue weighted by Gasteiger charge is -2.26. The summed E-state index contributed by atoms with van der Waals surface area (Å²) in [5.74, 6) is 1.16. The second-order valence-electron chi connectivity index (χ2n) is 6.45. The lowest BCUT2D eigenvalue weighted by molar-refractivity contribution is -0.0684. The Balaban J connectivity index is 1.65. The molecule has 0 amide bonds. The van der Waals surface area contributed by atoms with Crippen molar-refractivity contribution in [3.05, 3.63) is 41.0 Å². The number of rotatable bonds is 4. The van der Waals surface area contributed by atoms with E-state index in [-0.39, 0.29) is 35.9 Å². The Morgan fingerprint density at radius 1 is 1.20 bits per heavy atom. The highest BCUT2D eigenvalue weighted by atomic mass is 16.7. The maximum atomic E-state index is 9.38. The summed E-state index contributed by atoms with van der Waals surface area (Å²) in [6.45, 7) is 1.40. The summed E-state index contributed by atoms with van der Waals surface area (Å²) in [4.78, 5) is 8.73. The lowest BCUT2D eigenvalue weighted by atomic mass is 9.95. The number of benzene rings is 1. The number of fused-ring (bicyclic) bond motifs is 1. The molecule has 1 atom stereocenters. The molecule has 2 aromatic rings. The quantitative estimate of drug-likeness (QED) is 0.419. The van der Waals surface area contributed by atoms with Gasteiger partial charge in [-0.05, 0) is 17.7 Å². The van der Waals surface area contributed by atoms with Gasteiger partial charge < -0.3 is 31.0 Å². The number of aromatic nitrogens is 1. The van der Waals surface area contributed by atoms with Gasteiger partial charge in [0.1, 0.15) is 41.7 Å². The van der Waals surface area contributed by atoms with Gasteiger partial charge in [-0.2, -0.15) is 10.5 Å². The van der Waals surface area contributed by atoms with E-state index < -0.39 is 6.04 Å². The fourth-order valence-corrected chi connectivity index (χ4v) is 3.24. The van der Waals surface area contributed by atoms with Gasteiger partial charge in [0, 0.05) is 5.56 Å². The fourth-order valence-electron chi connectivity index (χ4n) is 3.24. The minimum atomic E-state index is -0.604. The molecule has 3 heterocycles. The molecule has 1 saturated heterocycles. The number of anilines is 3. The molecule has 1 unspecified atom stereocenters. The monoisotopic (exact) mass is 406 g/mol. The van der Waals surface area contributed by atoms with Gasteiger partial charge in [0.05, 0.1) is 18.9 Å². The summed E-state index contributed by atoms with van der Waals surface area (Å²) < 4.78 is 16.4. The molecule has 30 heavy (non-hydrogen) atoms. The van der Waals surface area contributed by atoms with Crippen LogP contribution in [-0.4, -0.2) is 37.1 Å². The summed E-state index contributed by atoms with van der Waals surface area (Å²) in [6, 6.07) is 8.58. The molecule has 0 saturated carbocycles. The first kappa shape index (κ1) is 19.3. The third kappa shape index (κ3) is 3.63. The highest BCUT2D eigenvalue weighted by molar-refractivity contribution is 5.98. The summed E-state index contributed by atoms with van der Waals surface area (Å²) in [7, 11) is 0. The first-order chi connectivity index (χ1) is 14.6. The van der Waals surface area contributed by atoms with E-state index in [4.69, 9.17) is 30.9 Å². The lowest BCUT2D eigenvalue weighted by Crippen LogP contribution is -2.32. The summed E-state index contributed by atoms with van der Waals surface area (Å²) in [5.41, 5.74) is 13.6. The van der Waals surface area contributed by atoms with Crippen LogP contribution >= 0.6 is 0 Å². The van der Waals surface area contributed by atoms with Crippen molar-refractivity contribution in [1.82, 2.24) is 10.3 Å². The number of guanidine groups is 1. The third-order valence-electron chi connectivity index (χ3n) is 4.63. The van der Waals surface area contributed by atoms with Crippen LogP contribution in [0.1, 0.15) is 22.7 Å². The molecule has 152 valence electrons. The average Bonchev–Trinajstić information content (AvgIpc) is 3.26. The number of aliphatic imine (C=N–C) groups is 1. The minimum Gasteiger partial charge on any atom is -0.488 e. The van der Waals surface area contributed by atoms with Crippen LogP contribution in [0.2, 0.25) is 0 Å². The summed E-state index contributed by atoms with van der Waals surface area (Å²) in [6.07, 6.45) is 1.45. The molecule has 0 radical (unpaired) electrons. The van der Waals surface area contributed by atoms with Gasteiger partial charge >= 0.3 is 0 Å². The highest BCUT2D eigenvalue weighted by Crippen LogP contribution is 2.40. The second kappa shape index (κ2) is 8.13. The standard InChI is InChI=1S/C19H18N8O3/c20-7-12-15(22)14-16(25-19(24-9-21)27-18(14)26-17(12)23)10-1-3-11(4-2-10)30-8-13-28-5-6-29-13/h1-4,13,16H,5-6,8H2,(H6,22,23,24,25,26,27). The first-order valence-electron chi connectivity index (χ1n) is 9.05. The van der Waals surface area contributed by atoms with Crippen LogP contribution in [0.5, 0.6) is 5.75 Å². The van der Waals surface area contributed by atoms with E-state index in [0.29, 0.717) is 30.3 Å². The van der Waals surface area contributed by atoms with E-state index in [0.717, 1.165) is 5.56 Å². The predicted octanol–water partition coefficient (Wildman–Crippen LogP) is 0.811. The minimum absolute atomic E-state index is 0.00157. The number of pyridine rings is 1. The van der Waals surface area contributed by atoms with E-state index in [1.165, 1.54) is 0 Å². The molecule has 11 heteroatoms. The molecule has 1 aromatic carbocycles. The van der Waals surface area contributed by atoms with Crippen molar-refractivity contribution in [3.8, 4) is 18.0 Å². The van der Waals surface area contributed by atoms with Gasteiger partial charge in [0.15, 0.2) is 12.5 Å². The maximum absolute atomic E-state index is 9.38. The fraction of sp³-hybridized carbons (Fsp3) is 0.263. The van der Waals surface area contributed by atoms with Gasteiger partial charge in [-0.25, -0.2) is 9.98 Å². The van der Waals surface area contributed by atoms with Crippen LogP contribution in [0.3, 0.4) is 0 Å². The van der Waals surface area contributed by atoms with Crippen LogP contribution in [0.25, 0.3) is 0 Å². The van der Waals surface area contributed by atoms with E-state index in [1.807, 2.05) is 24.4 Å². The Kier molecular flexibility index (Phi) is 5.22. The van der Waals surface area contributed by atoms with Crippen molar-refractivity contribution in [2.24, 2.45) is 4.99 Å². The number of ether oxygens (including phenoxy) is 3. The highest BCUT2D eigenvalue weighted by Gasteiger charge is 2.29. The van der Waals surface area contributed by atoms with Gasteiger partial charge in [0.25, 0.3) is 0 Å². The molecule has 2 aliphatic rings. The van der Waals surface area contributed by atoms with Gasteiger partial charge in [-0.3, -0.25) is 5.32 Å². The smallest absolute Gasteiger partial charge is 0.211 e. The molecule has 11 nitrogen and oxygen atoms in total. The second-order valence-corrected chi connectivity index (χ2v) is 6.45. The van der Waals surface area contributed by atoms with Crippen molar-refractivity contribution in [2.75, 3.05) is 36.6 Å². The van der Waals surface area contributed by atoms with E-state index >= 15 is 0 Å².